The average Bonchev–Trinajstić information content (AvgIpc) is 2.74. The first-order valence-electron chi connectivity index (χ1n) is 6.96. The van der Waals surface area contributed by atoms with Crippen LogP contribution in [0.25, 0.3) is 0 Å². The standard InChI is InChI=1S/C14H17ClFN3O/c15-11-7-17-13(6-12(11)16)14(20)18-10-5-9-1-3-19(8-10)4-2-9/h6-7,9-10H,1-5,8H2,(H,18,20). The van der Waals surface area contributed by atoms with E-state index in [1.54, 1.807) is 0 Å². The van der Waals surface area contributed by atoms with Crippen molar-refractivity contribution in [3.63, 3.8) is 0 Å². The fourth-order valence-electron chi connectivity index (χ4n) is 3.10. The number of nitrogens with zero attached hydrogens (tertiary/aromatic N) is 2. The molecule has 0 aromatic carbocycles. The Bertz CT molecular complexity index is 503. The van der Waals surface area contributed by atoms with Crippen molar-refractivity contribution in [2.24, 2.45) is 5.92 Å². The van der Waals surface area contributed by atoms with Crippen molar-refractivity contribution in [2.45, 2.75) is 25.3 Å². The largest absolute Gasteiger partial charge is 0.347 e. The van der Waals surface area contributed by atoms with Gasteiger partial charge in [0.25, 0.3) is 5.91 Å². The summed E-state index contributed by atoms with van der Waals surface area (Å²) in [5, 5.41) is 2.90. The molecule has 0 aliphatic carbocycles. The molecule has 0 radical (unpaired) electrons. The van der Waals surface area contributed by atoms with Gasteiger partial charge in [0.2, 0.25) is 0 Å². The zero-order valence-electron chi connectivity index (χ0n) is 11.1. The molecule has 1 amide bonds. The van der Waals surface area contributed by atoms with E-state index < -0.39 is 5.82 Å². The van der Waals surface area contributed by atoms with Gasteiger partial charge < -0.3 is 10.2 Å². The van der Waals surface area contributed by atoms with Gasteiger partial charge in [0, 0.05) is 24.8 Å². The Morgan fingerprint density at radius 2 is 2.20 bits per heavy atom. The summed E-state index contributed by atoms with van der Waals surface area (Å²) in [4.78, 5) is 18.4. The highest BCUT2D eigenvalue weighted by Crippen LogP contribution is 2.26. The summed E-state index contributed by atoms with van der Waals surface area (Å²) in [5.74, 6) is -0.251. The molecule has 3 aliphatic heterocycles. The third kappa shape index (κ3) is 2.94. The molecule has 1 N–H and O–H groups in total. The summed E-state index contributed by atoms with van der Waals surface area (Å²) in [5.41, 5.74) is 0.0819. The van der Waals surface area contributed by atoms with Crippen molar-refractivity contribution < 1.29 is 9.18 Å². The van der Waals surface area contributed by atoms with Gasteiger partial charge in [-0.15, -0.1) is 0 Å². The van der Waals surface area contributed by atoms with Crippen LogP contribution in [0.15, 0.2) is 12.3 Å². The summed E-state index contributed by atoms with van der Waals surface area (Å²) in [7, 11) is 0. The Hall–Kier alpha value is -1.20. The summed E-state index contributed by atoms with van der Waals surface area (Å²) in [6.45, 7) is 3.11. The van der Waals surface area contributed by atoms with Gasteiger partial charge in [-0.3, -0.25) is 4.79 Å². The number of hydrogen-bond acceptors (Lipinski definition) is 3. The lowest BCUT2D eigenvalue weighted by Crippen LogP contribution is -2.42. The highest BCUT2D eigenvalue weighted by atomic mass is 35.5. The van der Waals surface area contributed by atoms with Crippen molar-refractivity contribution in [1.29, 1.82) is 0 Å². The van der Waals surface area contributed by atoms with Crippen LogP contribution in [-0.2, 0) is 0 Å². The molecule has 3 aliphatic rings. The number of halogens is 2. The second-order valence-electron chi connectivity index (χ2n) is 5.63. The third-order valence-corrected chi connectivity index (χ3v) is 4.46. The molecule has 6 heteroatoms. The van der Waals surface area contributed by atoms with E-state index in [0.29, 0.717) is 5.92 Å². The number of rotatable bonds is 2. The third-order valence-electron chi connectivity index (χ3n) is 4.18. The molecule has 3 saturated heterocycles. The predicted molar refractivity (Wildman–Crippen MR) is 74.2 cm³/mol. The molecule has 1 aromatic rings. The molecule has 20 heavy (non-hydrogen) atoms. The number of aromatic nitrogens is 1. The molecule has 108 valence electrons. The number of pyridine rings is 1. The SMILES string of the molecule is O=C(NC1CC2CCN(CC2)C1)c1cc(F)c(Cl)cn1. The van der Waals surface area contributed by atoms with Crippen LogP contribution in [0.4, 0.5) is 4.39 Å². The first kappa shape index (κ1) is 13.8. The number of carbonyl (C=O) groups is 1. The Labute approximate surface area is 122 Å². The van der Waals surface area contributed by atoms with Gasteiger partial charge in [-0.1, -0.05) is 11.6 Å². The van der Waals surface area contributed by atoms with Crippen LogP contribution in [0.2, 0.25) is 5.02 Å². The minimum absolute atomic E-state index is 0.0693. The first-order chi connectivity index (χ1) is 9.61. The fourth-order valence-corrected chi connectivity index (χ4v) is 3.20. The highest BCUT2D eigenvalue weighted by molar-refractivity contribution is 6.30. The Morgan fingerprint density at radius 1 is 1.45 bits per heavy atom. The summed E-state index contributed by atoms with van der Waals surface area (Å²) in [6.07, 6.45) is 4.59. The Kier molecular flexibility index (Phi) is 3.89. The van der Waals surface area contributed by atoms with E-state index in [-0.39, 0.29) is 22.7 Å². The summed E-state index contributed by atoms with van der Waals surface area (Å²) >= 11 is 5.57. The van der Waals surface area contributed by atoms with Crippen LogP contribution in [0.3, 0.4) is 0 Å². The van der Waals surface area contributed by atoms with Crippen LogP contribution >= 0.6 is 11.6 Å². The first-order valence-corrected chi connectivity index (χ1v) is 7.34. The lowest BCUT2D eigenvalue weighted by molar-refractivity contribution is 0.0923. The van der Waals surface area contributed by atoms with Gasteiger partial charge in [-0.2, -0.15) is 0 Å². The van der Waals surface area contributed by atoms with E-state index >= 15 is 0 Å². The van der Waals surface area contributed by atoms with Gasteiger partial charge in [-0.25, -0.2) is 9.37 Å². The lowest BCUT2D eigenvalue weighted by Gasteiger charge is -2.26. The Morgan fingerprint density at radius 3 is 2.90 bits per heavy atom. The molecule has 0 saturated carbocycles. The van der Waals surface area contributed by atoms with E-state index in [2.05, 4.69) is 15.2 Å². The number of piperidine rings is 1. The average molecular weight is 298 g/mol. The number of carbonyl (C=O) groups excluding carboxylic acids is 1. The predicted octanol–water partition coefficient (Wildman–Crippen LogP) is 2.09. The van der Waals surface area contributed by atoms with Gasteiger partial charge in [0.15, 0.2) is 0 Å². The lowest BCUT2D eigenvalue weighted by atomic mass is 9.94. The molecule has 3 fully saturated rings. The number of fused-ring (bicyclic) bond motifs is 4. The van der Waals surface area contributed by atoms with E-state index in [9.17, 15) is 9.18 Å². The molecule has 4 rings (SSSR count). The molecule has 1 aromatic heterocycles. The van der Waals surface area contributed by atoms with E-state index in [1.807, 2.05) is 0 Å². The number of nitrogens with one attached hydrogen (secondary N) is 1. The van der Waals surface area contributed by atoms with Crippen LogP contribution < -0.4 is 5.32 Å². The second-order valence-corrected chi connectivity index (χ2v) is 6.04. The van der Waals surface area contributed by atoms with Crippen molar-refractivity contribution >= 4 is 17.5 Å². The highest BCUT2D eigenvalue weighted by Gasteiger charge is 2.30. The second kappa shape index (κ2) is 5.66. The molecular weight excluding hydrogens is 281 g/mol. The number of amides is 1. The molecule has 4 heterocycles. The van der Waals surface area contributed by atoms with Crippen molar-refractivity contribution in [1.82, 2.24) is 15.2 Å². The summed E-state index contributed by atoms with van der Waals surface area (Å²) < 4.78 is 13.4. The minimum Gasteiger partial charge on any atom is -0.347 e. The Balaban J connectivity index is 1.67. The van der Waals surface area contributed by atoms with E-state index in [4.69, 9.17) is 11.6 Å². The van der Waals surface area contributed by atoms with Crippen LogP contribution in [0, 0.1) is 11.7 Å². The topological polar surface area (TPSA) is 45.2 Å². The van der Waals surface area contributed by atoms with Crippen LogP contribution in [-0.4, -0.2) is 41.5 Å². The molecular formula is C14H17ClFN3O. The normalized spacial score (nSPS) is 29.0. The molecule has 2 bridgehead atoms. The monoisotopic (exact) mass is 297 g/mol. The summed E-state index contributed by atoms with van der Waals surface area (Å²) in [6, 6.07) is 1.21. The molecule has 1 unspecified atom stereocenters. The van der Waals surface area contributed by atoms with E-state index in [0.717, 1.165) is 32.1 Å². The number of hydrogen-bond donors (Lipinski definition) is 1. The molecule has 4 nitrogen and oxygen atoms in total. The maximum atomic E-state index is 13.4. The fraction of sp³-hybridized carbons (Fsp3) is 0.571. The van der Waals surface area contributed by atoms with Gasteiger partial charge in [-0.05, 0) is 38.3 Å². The van der Waals surface area contributed by atoms with Crippen LogP contribution in [0.5, 0.6) is 0 Å². The molecule has 1 atom stereocenters. The van der Waals surface area contributed by atoms with Crippen molar-refractivity contribution in [3.05, 3.63) is 28.8 Å². The van der Waals surface area contributed by atoms with Crippen molar-refractivity contribution in [3.8, 4) is 0 Å². The van der Waals surface area contributed by atoms with E-state index in [1.165, 1.54) is 19.0 Å². The van der Waals surface area contributed by atoms with Gasteiger partial charge in [0.1, 0.15) is 11.5 Å². The smallest absolute Gasteiger partial charge is 0.270 e. The maximum absolute atomic E-state index is 13.4. The zero-order valence-corrected chi connectivity index (χ0v) is 11.9. The minimum atomic E-state index is -0.614. The maximum Gasteiger partial charge on any atom is 0.270 e. The quantitative estimate of drug-likeness (QED) is 0.909. The zero-order chi connectivity index (χ0) is 14.1. The molecule has 0 spiro atoms. The van der Waals surface area contributed by atoms with Crippen LogP contribution in [0.1, 0.15) is 29.8 Å². The van der Waals surface area contributed by atoms with Gasteiger partial charge >= 0.3 is 0 Å². The van der Waals surface area contributed by atoms with Crippen molar-refractivity contribution in [2.75, 3.05) is 19.6 Å². The van der Waals surface area contributed by atoms with Gasteiger partial charge in [0.05, 0.1) is 5.02 Å².